The van der Waals surface area contributed by atoms with Gasteiger partial charge in [0.25, 0.3) is 17.4 Å². The fourth-order valence-electron chi connectivity index (χ4n) is 10.5. The lowest BCUT2D eigenvalue weighted by Gasteiger charge is -2.32. The smallest absolute Gasteiger partial charge is 0.371 e. The molecule has 0 amide bonds. The lowest BCUT2D eigenvalue weighted by atomic mass is 9.93. The van der Waals surface area contributed by atoms with Crippen molar-refractivity contribution in [2.75, 3.05) is 0 Å². The molecule has 18 heteroatoms. The molecule has 6 saturated heterocycles. The Bertz CT molecular complexity index is 1780. The number of carbonyl (C=O) groups is 4. The number of carboxylic acids is 1. The third kappa shape index (κ3) is 7.66. The molecule has 59 heavy (non-hydrogen) atoms. The number of benzene rings is 1. The van der Waals surface area contributed by atoms with Gasteiger partial charge in [0.2, 0.25) is 17.4 Å². The highest BCUT2D eigenvalue weighted by atomic mass is 19.1. The number of aliphatic carboxylic acids is 1. The molecule has 1 aromatic rings. The zero-order valence-corrected chi connectivity index (χ0v) is 33.1. The van der Waals surface area contributed by atoms with E-state index in [1.165, 1.54) is 12.5 Å². The van der Waals surface area contributed by atoms with Gasteiger partial charge in [0, 0.05) is 74.9 Å². The molecule has 11 rings (SSSR count). The minimum absolute atomic E-state index is 0.117. The van der Waals surface area contributed by atoms with Crippen LogP contribution in [0, 0.1) is 11.7 Å². The number of esters is 3. The van der Waals surface area contributed by atoms with Gasteiger partial charge < -0.3 is 19.3 Å². The summed E-state index contributed by atoms with van der Waals surface area (Å²) in [6.07, 6.45) is 17.1. The summed E-state index contributed by atoms with van der Waals surface area (Å²) in [4.78, 5) is 63.6. The average Bonchev–Trinajstić information content (AvgIpc) is 4.09. The Labute approximate surface area is 340 Å². The summed E-state index contributed by atoms with van der Waals surface area (Å²) in [5.74, 6) is -9.03. The zero-order valence-electron chi connectivity index (χ0n) is 33.1. The molecule has 6 spiro atoms. The molecule has 6 aliphatic heterocycles. The molecule has 10 fully saturated rings. The van der Waals surface area contributed by atoms with Crippen LogP contribution in [0.5, 0.6) is 0 Å². The minimum atomic E-state index is -1.46. The van der Waals surface area contributed by atoms with Crippen LogP contribution in [0.4, 0.5) is 4.39 Å². The van der Waals surface area contributed by atoms with E-state index in [1.54, 1.807) is 18.2 Å². The van der Waals surface area contributed by atoms with Gasteiger partial charge in [-0.1, -0.05) is 43.9 Å². The highest BCUT2D eigenvalue weighted by Gasteiger charge is 2.69. The van der Waals surface area contributed by atoms with Gasteiger partial charge in [-0.2, -0.15) is 16.4 Å². The molecular formula is C41H54FN3O14. The van der Waals surface area contributed by atoms with Crippen molar-refractivity contribution in [3.8, 4) is 0 Å². The first-order valence-corrected chi connectivity index (χ1v) is 21.5. The summed E-state index contributed by atoms with van der Waals surface area (Å²) in [5.41, 5.74) is 8.74. The first kappa shape index (κ1) is 41.0. The Morgan fingerprint density at radius 3 is 1.78 bits per heavy atom. The predicted octanol–water partition coefficient (Wildman–Crippen LogP) is 5.03. The van der Waals surface area contributed by atoms with Crippen LogP contribution in [0.3, 0.4) is 0 Å². The van der Waals surface area contributed by atoms with Gasteiger partial charge in [-0.3, -0.25) is 33.5 Å². The number of hydrogen-bond acceptors (Lipinski definition) is 16. The molecule has 0 radical (unpaired) electrons. The van der Waals surface area contributed by atoms with Crippen LogP contribution >= 0.6 is 0 Å². The van der Waals surface area contributed by atoms with E-state index in [9.17, 15) is 23.6 Å². The van der Waals surface area contributed by atoms with Gasteiger partial charge in [0.1, 0.15) is 5.82 Å². The number of rotatable bonds is 3. The van der Waals surface area contributed by atoms with Crippen molar-refractivity contribution in [2.45, 2.75) is 188 Å². The molecule has 0 aromatic heterocycles. The van der Waals surface area contributed by atoms with E-state index >= 15 is 0 Å². The zero-order chi connectivity index (χ0) is 40.9. The average molecular weight is 832 g/mol. The van der Waals surface area contributed by atoms with Crippen molar-refractivity contribution < 1.29 is 71.6 Å². The quantitative estimate of drug-likeness (QED) is 0.233. The molecule has 4 N–H and O–H groups in total. The highest BCUT2D eigenvalue weighted by molar-refractivity contribution is 5.82. The van der Waals surface area contributed by atoms with Crippen LogP contribution in [-0.2, 0) is 62.1 Å². The first-order chi connectivity index (χ1) is 28.4. The van der Waals surface area contributed by atoms with Crippen LogP contribution in [0.2, 0.25) is 0 Å². The van der Waals surface area contributed by atoms with E-state index in [0.29, 0.717) is 31.2 Å². The van der Waals surface area contributed by atoms with Crippen molar-refractivity contribution in [1.29, 1.82) is 0 Å². The van der Waals surface area contributed by atoms with Crippen LogP contribution in [0.15, 0.2) is 24.3 Å². The van der Waals surface area contributed by atoms with Crippen molar-refractivity contribution in [2.24, 2.45) is 5.92 Å². The lowest BCUT2D eigenvalue weighted by Crippen LogP contribution is -2.44. The molecule has 0 bridgehead atoms. The van der Waals surface area contributed by atoms with E-state index in [1.807, 2.05) is 0 Å². The molecule has 4 aliphatic carbocycles. The molecule has 324 valence electrons. The van der Waals surface area contributed by atoms with Gasteiger partial charge in [-0.05, 0) is 57.4 Å². The number of carboxylic acid groups (broad SMARTS) is 1. The summed E-state index contributed by atoms with van der Waals surface area (Å²) < 4.78 is 48.3. The lowest BCUT2D eigenvalue weighted by molar-refractivity contribution is -0.282. The number of fused-ring (bicyclic) bond motifs is 2. The Balaban J connectivity index is 0.000000115. The van der Waals surface area contributed by atoms with Gasteiger partial charge in [-0.15, -0.1) is 0 Å². The molecule has 10 aliphatic rings. The fraction of sp³-hybridized carbons (Fsp3) is 0.756. The molecular weight excluding hydrogens is 777 g/mol. The summed E-state index contributed by atoms with van der Waals surface area (Å²) in [7, 11) is 0. The number of carbonyl (C=O) groups excluding carboxylic acids is 3. The van der Waals surface area contributed by atoms with E-state index in [4.69, 9.17) is 48.0 Å². The van der Waals surface area contributed by atoms with Crippen LogP contribution < -0.4 is 16.4 Å². The topological polar surface area (TPSA) is 208 Å². The van der Waals surface area contributed by atoms with Crippen molar-refractivity contribution in [3.63, 3.8) is 0 Å². The Morgan fingerprint density at radius 1 is 0.644 bits per heavy atom. The molecule has 6 heterocycles. The number of hydrogen-bond donors (Lipinski definition) is 4. The third-order valence-corrected chi connectivity index (χ3v) is 13.4. The number of halogens is 1. The SMILES string of the molecule is O=C(O)C[C@H]1CC2(ON1)OC1(CCCCC1)OC2=O.O=C1OC2(CCCCC2)OC12C[C@H](c1ccccc1F)NO2.O=C1OC2(CCCCC2)OC12ON[C@H]1CCC[C@H]12. The fourth-order valence-corrected chi connectivity index (χ4v) is 10.5. The summed E-state index contributed by atoms with van der Waals surface area (Å²) in [5, 5.41) is 8.76. The maximum Gasteiger partial charge on any atom is 0.371 e. The second-order valence-electron chi connectivity index (χ2n) is 17.6. The maximum atomic E-state index is 13.9. The van der Waals surface area contributed by atoms with Crippen molar-refractivity contribution in [3.05, 3.63) is 35.6 Å². The summed E-state index contributed by atoms with van der Waals surface area (Å²) >= 11 is 0. The largest absolute Gasteiger partial charge is 0.481 e. The Hall–Kier alpha value is -3.33. The van der Waals surface area contributed by atoms with Gasteiger partial charge >= 0.3 is 23.9 Å². The van der Waals surface area contributed by atoms with Crippen LogP contribution in [0.25, 0.3) is 0 Å². The Morgan fingerprint density at radius 2 is 1.19 bits per heavy atom. The normalized spacial score (nSPS) is 38.3. The number of nitrogens with one attached hydrogen (secondary N) is 3. The predicted molar refractivity (Wildman–Crippen MR) is 195 cm³/mol. The molecule has 3 unspecified atom stereocenters. The van der Waals surface area contributed by atoms with Gasteiger partial charge in [-0.25, -0.2) is 18.8 Å². The second kappa shape index (κ2) is 15.9. The van der Waals surface area contributed by atoms with E-state index in [0.717, 1.165) is 83.5 Å². The summed E-state index contributed by atoms with van der Waals surface area (Å²) in [6, 6.07) is 5.81. The molecule has 7 atom stereocenters. The molecule has 17 nitrogen and oxygen atoms in total. The van der Waals surface area contributed by atoms with Crippen LogP contribution in [-0.4, -0.2) is 75.8 Å². The van der Waals surface area contributed by atoms with Crippen molar-refractivity contribution >= 4 is 23.9 Å². The highest BCUT2D eigenvalue weighted by Crippen LogP contribution is 2.52. The molecule has 1 aromatic carbocycles. The minimum Gasteiger partial charge on any atom is -0.481 e. The van der Waals surface area contributed by atoms with Crippen molar-refractivity contribution in [1.82, 2.24) is 16.4 Å². The maximum absolute atomic E-state index is 13.9. The Kier molecular flexibility index (Phi) is 11.0. The van der Waals surface area contributed by atoms with E-state index in [-0.39, 0.29) is 43.0 Å². The number of ether oxygens (including phenoxy) is 6. The standard InChI is InChI=1S/C16H18FNO4.C13H19NO4.C12H17NO6/c17-12-7-3-2-6-11(12)13-10-16(22-18-13)14(19)20-15(21-16)8-4-1-5-9-15;15-11-13(9-5-4-6-10(9)14-18-13)17-12(16-11)7-2-1-3-8-12;14-9(15)6-8-7-12(19-13-8)10(16)17-11(18-12)4-2-1-3-5-11/h2-3,6-7,13,18H,1,4-5,8-10H2;9-10,14H,1-8H2;8,13H,1-7H2,(H,14,15)/t13-,16?;9-,10+,13?;8-,12?/m110/s1. The molecule has 4 saturated carbocycles. The second-order valence-corrected chi connectivity index (χ2v) is 17.6. The monoisotopic (exact) mass is 831 g/mol. The summed E-state index contributed by atoms with van der Waals surface area (Å²) in [6.45, 7) is 0. The van der Waals surface area contributed by atoms with Crippen LogP contribution in [0.1, 0.15) is 146 Å². The first-order valence-electron chi connectivity index (χ1n) is 21.5. The van der Waals surface area contributed by atoms with E-state index in [2.05, 4.69) is 16.4 Å². The number of hydroxylamine groups is 3. The van der Waals surface area contributed by atoms with E-state index < -0.39 is 64.7 Å². The van der Waals surface area contributed by atoms with Gasteiger partial charge in [0.05, 0.1) is 12.5 Å². The van der Waals surface area contributed by atoms with Gasteiger partial charge in [0.15, 0.2) is 0 Å². The third-order valence-electron chi connectivity index (χ3n) is 13.4.